The van der Waals surface area contributed by atoms with Crippen molar-refractivity contribution in [1.29, 1.82) is 0 Å². The fourth-order valence-electron chi connectivity index (χ4n) is 3.84. The number of hydrogen-bond donors (Lipinski definition) is 0. The zero-order valence-corrected chi connectivity index (χ0v) is 20.6. The summed E-state index contributed by atoms with van der Waals surface area (Å²) in [5.74, 6) is -0.158. The van der Waals surface area contributed by atoms with Crippen molar-refractivity contribution in [2.24, 2.45) is 5.41 Å². The summed E-state index contributed by atoms with van der Waals surface area (Å²) in [6.45, 7) is 9.51. The van der Waals surface area contributed by atoms with Gasteiger partial charge in [0, 0.05) is 5.41 Å². The van der Waals surface area contributed by atoms with Gasteiger partial charge in [-0.05, 0) is 41.3 Å². The lowest BCUT2D eigenvalue weighted by molar-refractivity contribution is -0.126. The Labute approximate surface area is 202 Å². The molecule has 7 nitrogen and oxygen atoms in total. The van der Waals surface area contributed by atoms with Crippen LogP contribution in [0.1, 0.15) is 51.7 Å². The predicted octanol–water partition coefficient (Wildman–Crippen LogP) is 4.27. The summed E-state index contributed by atoms with van der Waals surface area (Å²) in [7, 11) is 0. The minimum atomic E-state index is -0.606. The maximum Gasteiger partial charge on any atom is 0.337 e. The molecular formula is C27H29FN4O3. The summed E-state index contributed by atoms with van der Waals surface area (Å²) in [6.07, 6.45) is 1.43. The van der Waals surface area contributed by atoms with Crippen LogP contribution >= 0.6 is 0 Å². The van der Waals surface area contributed by atoms with Crippen LogP contribution in [0.3, 0.4) is 0 Å². The van der Waals surface area contributed by atoms with Crippen LogP contribution in [0.2, 0.25) is 0 Å². The normalized spacial score (nSPS) is 12.0. The molecule has 0 N–H and O–H groups in total. The number of carbonyl (C=O) groups is 1. The Hall–Kier alpha value is -3.81. The average Bonchev–Trinajstić information content (AvgIpc) is 3.21. The highest BCUT2D eigenvalue weighted by molar-refractivity contribution is 5.85. The Bertz CT molecular complexity index is 1500. The molecule has 0 spiro atoms. The van der Waals surface area contributed by atoms with Crippen molar-refractivity contribution in [2.75, 3.05) is 0 Å². The Morgan fingerprint density at radius 1 is 1.00 bits per heavy atom. The van der Waals surface area contributed by atoms with Crippen LogP contribution in [-0.4, -0.2) is 24.5 Å². The molecule has 0 bridgehead atoms. The van der Waals surface area contributed by atoms with Gasteiger partial charge in [0.1, 0.15) is 5.82 Å². The summed E-state index contributed by atoms with van der Waals surface area (Å²) < 4.78 is 17.4. The minimum absolute atomic E-state index is 0.0453. The van der Waals surface area contributed by atoms with Gasteiger partial charge in [0.25, 0.3) is 5.56 Å². The van der Waals surface area contributed by atoms with Gasteiger partial charge < -0.3 is 4.57 Å². The number of hydrogen-bond acceptors (Lipinski definition) is 4. The maximum absolute atomic E-state index is 13.6. The fraction of sp³-hybridized carbons (Fsp3) is 0.333. The van der Waals surface area contributed by atoms with Crippen LogP contribution in [0.25, 0.3) is 16.9 Å². The second-order valence-corrected chi connectivity index (χ2v) is 10.1. The van der Waals surface area contributed by atoms with Crippen LogP contribution in [0.15, 0.2) is 64.4 Å². The first kappa shape index (κ1) is 24.3. The standard InChI is InChI=1S/C27H29FN4O3/c1-17(2)19-8-12-21(13-9-19)32-24-23(30(16-29-24)15-22(33)27(3,4)5)25(34)31(26(32)35)14-18-6-10-20(28)11-7-18/h6-13,16-17H,14-15H2,1-5H3. The molecule has 35 heavy (non-hydrogen) atoms. The van der Waals surface area contributed by atoms with E-state index in [1.165, 1.54) is 39.7 Å². The van der Waals surface area contributed by atoms with Crippen LogP contribution in [-0.2, 0) is 17.9 Å². The molecule has 0 saturated heterocycles. The van der Waals surface area contributed by atoms with E-state index < -0.39 is 22.5 Å². The van der Waals surface area contributed by atoms with Gasteiger partial charge in [0.2, 0.25) is 0 Å². The van der Waals surface area contributed by atoms with E-state index in [0.29, 0.717) is 17.2 Å². The molecule has 8 heteroatoms. The monoisotopic (exact) mass is 476 g/mol. The topological polar surface area (TPSA) is 78.9 Å². The van der Waals surface area contributed by atoms with Crippen molar-refractivity contribution >= 4 is 16.9 Å². The van der Waals surface area contributed by atoms with Gasteiger partial charge in [0.15, 0.2) is 16.9 Å². The van der Waals surface area contributed by atoms with E-state index in [2.05, 4.69) is 18.8 Å². The molecule has 0 saturated carbocycles. The zero-order valence-electron chi connectivity index (χ0n) is 20.6. The third-order valence-electron chi connectivity index (χ3n) is 6.12. The van der Waals surface area contributed by atoms with Gasteiger partial charge in [-0.15, -0.1) is 0 Å². The number of halogens is 1. The molecule has 0 aliphatic heterocycles. The molecule has 4 aromatic rings. The van der Waals surface area contributed by atoms with Crippen LogP contribution < -0.4 is 11.2 Å². The number of imidazole rings is 1. The van der Waals surface area contributed by atoms with Crippen molar-refractivity contribution in [1.82, 2.24) is 18.7 Å². The second-order valence-electron chi connectivity index (χ2n) is 10.1. The molecule has 0 unspecified atom stereocenters. The lowest BCUT2D eigenvalue weighted by atomic mass is 9.91. The van der Waals surface area contributed by atoms with Gasteiger partial charge in [-0.2, -0.15) is 0 Å². The fourth-order valence-corrected chi connectivity index (χ4v) is 3.84. The Morgan fingerprint density at radius 2 is 1.63 bits per heavy atom. The molecule has 0 amide bonds. The molecular weight excluding hydrogens is 447 g/mol. The quantitative estimate of drug-likeness (QED) is 0.416. The average molecular weight is 477 g/mol. The van der Waals surface area contributed by atoms with Crippen molar-refractivity contribution in [3.05, 3.63) is 92.6 Å². The summed E-state index contributed by atoms with van der Waals surface area (Å²) in [5.41, 5.74) is 0.907. The molecule has 0 fully saturated rings. The summed E-state index contributed by atoms with van der Waals surface area (Å²) in [5, 5.41) is 0. The first-order valence-electron chi connectivity index (χ1n) is 11.6. The Morgan fingerprint density at radius 3 is 2.20 bits per heavy atom. The number of ketones is 1. The molecule has 182 valence electrons. The zero-order chi connectivity index (χ0) is 25.5. The van der Waals surface area contributed by atoms with E-state index in [-0.39, 0.29) is 30.0 Å². The third-order valence-corrected chi connectivity index (χ3v) is 6.12. The number of nitrogens with zero attached hydrogens (tertiary/aromatic N) is 4. The lowest BCUT2D eigenvalue weighted by Gasteiger charge is -2.17. The lowest BCUT2D eigenvalue weighted by Crippen LogP contribution is -2.40. The number of benzene rings is 2. The van der Waals surface area contributed by atoms with E-state index in [9.17, 15) is 18.8 Å². The molecule has 0 atom stereocenters. The number of Topliss-reactive ketones (excluding diaryl/α,β-unsaturated/α-hetero) is 1. The van der Waals surface area contributed by atoms with Gasteiger partial charge in [-0.3, -0.25) is 14.2 Å². The van der Waals surface area contributed by atoms with Gasteiger partial charge in [0.05, 0.1) is 25.1 Å². The first-order valence-corrected chi connectivity index (χ1v) is 11.6. The predicted molar refractivity (Wildman–Crippen MR) is 134 cm³/mol. The first-order chi connectivity index (χ1) is 16.5. The van der Waals surface area contributed by atoms with Crippen LogP contribution in [0.5, 0.6) is 0 Å². The van der Waals surface area contributed by atoms with Crippen molar-refractivity contribution in [2.45, 2.75) is 53.6 Å². The third kappa shape index (κ3) is 4.73. The van der Waals surface area contributed by atoms with E-state index in [1.807, 2.05) is 45.0 Å². The van der Waals surface area contributed by atoms with Crippen LogP contribution in [0, 0.1) is 11.2 Å². The van der Waals surface area contributed by atoms with E-state index >= 15 is 0 Å². The largest absolute Gasteiger partial charge is 0.337 e. The van der Waals surface area contributed by atoms with E-state index in [4.69, 9.17) is 0 Å². The van der Waals surface area contributed by atoms with Crippen molar-refractivity contribution in [3.8, 4) is 5.69 Å². The molecule has 4 rings (SSSR count). The Kier molecular flexibility index (Phi) is 6.32. The maximum atomic E-state index is 13.6. The number of fused-ring (bicyclic) bond motifs is 1. The minimum Gasteiger partial charge on any atom is -0.317 e. The molecule has 2 heterocycles. The van der Waals surface area contributed by atoms with Gasteiger partial charge in [-0.25, -0.2) is 18.7 Å². The summed E-state index contributed by atoms with van der Waals surface area (Å²) in [4.78, 5) is 44.3. The summed E-state index contributed by atoms with van der Waals surface area (Å²) >= 11 is 0. The molecule has 0 aliphatic carbocycles. The smallest absolute Gasteiger partial charge is 0.317 e. The number of rotatable bonds is 6. The van der Waals surface area contributed by atoms with Crippen LogP contribution in [0.4, 0.5) is 4.39 Å². The van der Waals surface area contributed by atoms with E-state index in [1.54, 1.807) is 0 Å². The SMILES string of the molecule is CC(C)c1ccc(-n2c(=O)n(Cc3ccc(F)cc3)c(=O)c3c2ncn3CC(=O)C(C)(C)C)cc1. The highest BCUT2D eigenvalue weighted by Crippen LogP contribution is 2.20. The highest BCUT2D eigenvalue weighted by atomic mass is 19.1. The van der Waals surface area contributed by atoms with E-state index in [0.717, 1.165) is 10.1 Å². The van der Waals surface area contributed by atoms with Crippen molar-refractivity contribution < 1.29 is 9.18 Å². The molecule has 0 aliphatic rings. The summed E-state index contributed by atoms with van der Waals surface area (Å²) in [6, 6.07) is 13.2. The molecule has 2 aromatic carbocycles. The Balaban J connectivity index is 1.96. The second kappa shape index (κ2) is 9.09. The highest BCUT2D eigenvalue weighted by Gasteiger charge is 2.25. The van der Waals surface area contributed by atoms with Gasteiger partial charge >= 0.3 is 5.69 Å². The van der Waals surface area contributed by atoms with Gasteiger partial charge in [-0.1, -0.05) is 58.9 Å². The molecule has 2 aromatic heterocycles. The van der Waals surface area contributed by atoms with Crippen molar-refractivity contribution in [3.63, 3.8) is 0 Å². The number of aromatic nitrogens is 4. The number of carbonyl (C=O) groups excluding carboxylic acids is 1. The molecule has 0 radical (unpaired) electrons.